The topological polar surface area (TPSA) is 42.0 Å². The van der Waals surface area contributed by atoms with Crippen LogP contribution in [0.2, 0.25) is 0 Å². The molecule has 1 aliphatic carbocycles. The van der Waals surface area contributed by atoms with E-state index in [4.69, 9.17) is 0 Å². The number of hydrogen-bond acceptors (Lipinski definition) is 4. The molecule has 0 atom stereocenters. The van der Waals surface area contributed by atoms with Gasteiger partial charge in [0.1, 0.15) is 0 Å². The van der Waals surface area contributed by atoms with Crippen molar-refractivity contribution in [3.63, 3.8) is 0 Å². The van der Waals surface area contributed by atoms with Crippen molar-refractivity contribution in [1.29, 1.82) is 0 Å². The number of anilines is 1. The third-order valence-electron chi connectivity index (χ3n) is 5.03. The van der Waals surface area contributed by atoms with Crippen LogP contribution in [0.5, 0.6) is 0 Å². The highest BCUT2D eigenvalue weighted by molar-refractivity contribution is 7.99. The van der Waals surface area contributed by atoms with Crippen molar-refractivity contribution in [3.05, 3.63) is 47.8 Å². The standard InChI is InChI=1S/C22H24N2OS2/c25-21(12-13-26-19-8-2-1-3-9-19)24-22-23-20(15-27-22)18-11-10-16-6-4-5-7-17(16)14-18/h4-7,10-11,14-15,19H,1-3,8-9,12-13H2,(H,23,24,25). The van der Waals surface area contributed by atoms with Gasteiger partial charge in [-0.25, -0.2) is 4.98 Å². The molecule has 2 aromatic carbocycles. The molecule has 0 saturated heterocycles. The summed E-state index contributed by atoms with van der Waals surface area (Å²) in [5.74, 6) is 0.970. The highest BCUT2D eigenvalue weighted by Crippen LogP contribution is 2.29. The maximum absolute atomic E-state index is 12.2. The number of hydrogen-bond donors (Lipinski definition) is 1. The first-order valence-corrected chi connectivity index (χ1v) is 11.6. The number of fused-ring (bicyclic) bond motifs is 1. The molecule has 0 spiro atoms. The third kappa shape index (κ3) is 4.90. The number of nitrogens with zero attached hydrogens (tertiary/aromatic N) is 1. The van der Waals surface area contributed by atoms with Gasteiger partial charge in [0.15, 0.2) is 5.13 Å². The number of amides is 1. The fraction of sp³-hybridized carbons (Fsp3) is 0.364. The van der Waals surface area contributed by atoms with Crippen LogP contribution in [0.1, 0.15) is 38.5 Å². The van der Waals surface area contributed by atoms with Gasteiger partial charge in [-0.05, 0) is 29.7 Å². The van der Waals surface area contributed by atoms with Gasteiger partial charge in [0.2, 0.25) is 5.91 Å². The lowest BCUT2D eigenvalue weighted by atomic mass is 10.0. The Kier molecular flexibility index (Phi) is 6.10. The molecule has 27 heavy (non-hydrogen) atoms. The fourth-order valence-corrected chi connectivity index (χ4v) is 5.58. The first-order valence-electron chi connectivity index (χ1n) is 9.64. The lowest BCUT2D eigenvalue weighted by Gasteiger charge is -2.20. The third-order valence-corrected chi connectivity index (χ3v) is 7.17. The quantitative estimate of drug-likeness (QED) is 0.527. The molecule has 1 saturated carbocycles. The SMILES string of the molecule is O=C(CCSC1CCCCC1)Nc1nc(-c2ccc3ccccc3c2)cs1. The summed E-state index contributed by atoms with van der Waals surface area (Å²) in [6.45, 7) is 0. The number of benzene rings is 2. The summed E-state index contributed by atoms with van der Waals surface area (Å²) >= 11 is 3.45. The Morgan fingerprint density at radius 1 is 1.11 bits per heavy atom. The van der Waals surface area contributed by atoms with E-state index in [1.807, 2.05) is 29.3 Å². The average molecular weight is 397 g/mol. The van der Waals surface area contributed by atoms with Crippen molar-refractivity contribution in [1.82, 2.24) is 4.98 Å². The lowest BCUT2D eigenvalue weighted by Crippen LogP contribution is -2.14. The molecule has 1 fully saturated rings. The zero-order chi connectivity index (χ0) is 18.5. The largest absolute Gasteiger partial charge is 0.302 e. The van der Waals surface area contributed by atoms with Crippen LogP contribution in [-0.4, -0.2) is 21.9 Å². The van der Waals surface area contributed by atoms with Crippen molar-refractivity contribution < 1.29 is 4.79 Å². The number of rotatable bonds is 6. The van der Waals surface area contributed by atoms with E-state index in [0.29, 0.717) is 11.6 Å². The summed E-state index contributed by atoms with van der Waals surface area (Å²) in [5.41, 5.74) is 2.00. The molecule has 1 heterocycles. The van der Waals surface area contributed by atoms with Crippen LogP contribution in [0.25, 0.3) is 22.0 Å². The monoisotopic (exact) mass is 396 g/mol. The van der Waals surface area contributed by atoms with E-state index in [1.165, 1.54) is 54.2 Å². The molecular formula is C22H24N2OS2. The molecule has 0 unspecified atom stereocenters. The molecule has 5 heteroatoms. The highest BCUT2D eigenvalue weighted by atomic mass is 32.2. The fourth-order valence-electron chi connectivity index (χ4n) is 3.54. The Balaban J connectivity index is 1.32. The Bertz CT molecular complexity index is 915. The van der Waals surface area contributed by atoms with Gasteiger partial charge in [-0.1, -0.05) is 55.7 Å². The van der Waals surface area contributed by atoms with E-state index >= 15 is 0 Å². The molecule has 1 amide bonds. The van der Waals surface area contributed by atoms with Crippen LogP contribution >= 0.6 is 23.1 Å². The normalized spacial score (nSPS) is 15.1. The van der Waals surface area contributed by atoms with Crippen molar-refractivity contribution in [2.45, 2.75) is 43.8 Å². The van der Waals surface area contributed by atoms with Gasteiger partial charge in [0.05, 0.1) is 5.69 Å². The minimum absolute atomic E-state index is 0.0673. The van der Waals surface area contributed by atoms with Gasteiger partial charge in [0.25, 0.3) is 0 Å². The van der Waals surface area contributed by atoms with Crippen molar-refractivity contribution in [2.24, 2.45) is 0 Å². The zero-order valence-corrected chi connectivity index (χ0v) is 17.0. The average Bonchev–Trinajstić information content (AvgIpc) is 3.17. The van der Waals surface area contributed by atoms with Crippen LogP contribution in [0.3, 0.4) is 0 Å². The molecule has 1 aliphatic rings. The van der Waals surface area contributed by atoms with E-state index < -0.39 is 0 Å². The number of thiazole rings is 1. The second-order valence-electron chi connectivity index (χ2n) is 7.03. The molecule has 3 nitrogen and oxygen atoms in total. The van der Waals surface area contributed by atoms with Crippen molar-refractivity contribution >= 4 is 44.9 Å². The Labute approximate surface area is 168 Å². The smallest absolute Gasteiger partial charge is 0.226 e. The van der Waals surface area contributed by atoms with Gasteiger partial charge in [-0.2, -0.15) is 11.8 Å². The lowest BCUT2D eigenvalue weighted by molar-refractivity contribution is -0.115. The van der Waals surface area contributed by atoms with Gasteiger partial charge < -0.3 is 5.32 Å². The molecule has 0 bridgehead atoms. The second-order valence-corrected chi connectivity index (χ2v) is 9.30. The predicted molar refractivity (Wildman–Crippen MR) is 118 cm³/mol. The van der Waals surface area contributed by atoms with Crippen LogP contribution in [0, 0.1) is 0 Å². The first-order chi connectivity index (χ1) is 13.3. The van der Waals surface area contributed by atoms with Crippen LogP contribution in [0.4, 0.5) is 5.13 Å². The number of nitrogens with one attached hydrogen (secondary N) is 1. The predicted octanol–water partition coefficient (Wildman–Crippen LogP) is 6.36. The summed E-state index contributed by atoms with van der Waals surface area (Å²) in [6, 6.07) is 14.7. The van der Waals surface area contributed by atoms with E-state index in [0.717, 1.165) is 22.3 Å². The van der Waals surface area contributed by atoms with E-state index in [1.54, 1.807) is 0 Å². The summed E-state index contributed by atoms with van der Waals surface area (Å²) in [7, 11) is 0. The molecule has 1 aromatic heterocycles. The minimum Gasteiger partial charge on any atom is -0.302 e. The molecule has 3 aromatic rings. The van der Waals surface area contributed by atoms with Crippen LogP contribution < -0.4 is 5.32 Å². The van der Waals surface area contributed by atoms with Gasteiger partial charge >= 0.3 is 0 Å². The second kappa shape index (κ2) is 8.89. The van der Waals surface area contributed by atoms with Gasteiger partial charge in [-0.15, -0.1) is 11.3 Å². The molecular weight excluding hydrogens is 372 g/mol. The van der Waals surface area contributed by atoms with Crippen LogP contribution in [-0.2, 0) is 4.79 Å². The number of aromatic nitrogens is 1. The van der Waals surface area contributed by atoms with E-state index in [2.05, 4.69) is 40.6 Å². The number of thioether (sulfide) groups is 1. The molecule has 0 radical (unpaired) electrons. The molecule has 4 rings (SSSR count). The summed E-state index contributed by atoms with van der Waals surface area (Å²) in [4.78, 5) is 16.8. The zero-order valence-electron chi connectivity index (χ0n) is 15.3. The Morgan fingerprint density at radius 2 is 1.93 bits per heavy atom. The summed E-state index contributed by atoms with van der Waals surface area (Å²) in [5, 5.41) is 8.84. The van der Waals surface area contributed by atoms with Crippen LogP contribution in [0.15, 0.2) is 47.8 Å². The van der Waals surface area contributed by atoms with E-state index in [9.17, 15) is 4.79 Å². The molecule has 1 N–H and O–H groups in total. The molecule has 140 valence electrons. The van der Waals surface area contributed by atoms with Gasteiger partial charge in [0, 0.05) is 28.4 Å². The van der Waals surface area contributed by atoms with Gasteiger partial charge in [-0.3, -0.25) is 4.79 Å². The maximum atomic E-state index is 12.2. The number of carbonyl (C=O) groups excluding carboxylic acids is 1. The first kappa shape index (κ1) is 18.5. The minimum atomic E-state index is 0.0673. The summed E-state index contributed by atoms with van der Waals surface area (Å²) < 4.78 is 0. The van der Waals surface area contributed by atoms with Crippen molar-refractivity contribution in [2.75, 3.05) is 11.1 Å². The van der Waals surface area contributed by atoms with E-state index in [-0.39, 0.29) is 5.91 Å². The highest BCUT2D eigenvalue weighted by Gasteiger charge is 2.14. The summed E-state index contributed by atoms with van der Waals surface area (Å²) in [6.07, 6.45) is 7.26. The Hall–Kier alpha value is -1.85. The van der Waals surface area contributed by atoms with Crippen molar-refractivity contribution in [3.8, 4) is 11.3 Å². The molecule has 0 aliphatic heterocycles. The number of carbonyl (C=O) groups is 1. The Morgan fingerprint density at radius 3 is 2.78 bits per heavy atom. The maximum Gasteiger partial charge on any atom is 0.226 e.